The molecule has 1 N–H and O–H groups in total. The van der Waals surface area contributed by atoms with Crippen molar-refractivity contribution in [2.75, 3.05) is 24.6 Å². The van der Waals surface area contributed by atoms with E-state index in [0.29, 0.717) is 6.61 Å². The summed E-state index contributed by atoms with van der Waals surface area (Å²) in [5.74, 6) is 1.55. The van der Waals surface area contributed by atoms with Crippen molar-refractivity contribution in [3.05, 3.63) is 47.7 Å². The zero-order valence-corrected chi connectivity index (χ0v) is 14.7. The van der Waals surface area contributed by atoms with E-state index in [-0.39, 0.29) is 6.10 Å². The van der Waals surface area contributed by atoms with Gasteiger partial charge in [0.15, 0.2) is 5.82 Å². The Kier molecular flexibility index (Phi) is 4.36. The molecule has 25 heavy (non-hydrogen) atoms. The Morgan fingerprint density at radius 3 is 2.96 bits per heavy atom. The highest BCUT2D eigenvalue weighted by atomic mass is 16.5. The highest BCUT2D eigenvalue weighted by Crippen LogP contribution is 2.31. The number of nitrogens with zero attached hydrogens (tertiary/aromatic N) is 4. The van der Waals surface area contributed by atoms with Crippen molar-refractivity contribution in [1.82, 2.24) is 20.2 Å². The molecule has 6 nitrogen and oxygen atoms in total. The number of rotatable bonds is 4. The first kappa shape index (κ1) is 16.0. The second-order valence-electron chi connectivity index (χ2n) is 6.48. The van der Waals surface area contributed by atoms with E-state index in [9.17, 15) is 0 Å². The second kappa shape index (κ2) is 6.80. The molecule has 130 valence electrons. The van der Waals surface area contributed by atoms with Crippen molar-refractivity contribution in [2.45, 2.75) is 32.8 Å². The van der Waals surface area contributed by atoms with Crippen molar-refractivity contribution in [3.63, 3.8) is 0 Å². The minimum Gasteiger partial charge on any atom is -0.366 e. The fraction of sp³-hybridized carbons (Fsp3) is 0.421. The molecular weight excluding hydrogens is 314 g/mol. The first-order chi connectivity index (χ1) is 12.2. The molecule has 0 bridgehead atoms. The highest BCUT2D eigenvalue weighted by Gasteiger charge is 2.26. The molecule has 0 radical (unpaired) electrons. The predicted molar refractivity (Wildman–Crippen MR) is 97.8 cm³/mol. The summed E-state index contributed by atoms with van der Waals surface area (Å²) in [7, 11) is 0. The molecule has 1 fully saturated rings. The fourth-order valence-corrected chi connectivity index (χ4v) is 3.38. The number of H-pyrrole nitrogens is 1. The molecule has 1 saturated heterocycles. The van der Waals surface area contributed by atoms with Gasteiger partial charge in [0.05, 0.1) is 18.7 Å². The number of aromatic amines is 1. The van der Waals surface area contributed by atoms with E-state index in [1.807, 2.05) is 13.0 Å². The van der Waals surface area contributed by atoms with E-state index < -0.39 is 0 Å². The van der Waals surface area contributed by atoms with Gasteiger partial charge in [-0.1, -0.05) is 31.5 Å². The van der Waals surface area contributed by atoms with E-state index in [4.69, 9.17) is 9.72 Å². The molecule has 0 saturated carbocycles. The Balaban J connectivity index is 1.70. The summed E-state index contributed by atoms with van der Waals surface area (Å²) >= 11 is 0. The van der Waals surface area contributed by atoms with Crippen LogP contribution in [-0.4, -0.2) is 39.9 Å². The Hall–Kier alpha value is -2.47. The highest BCUT2D eigenvalue weighted by molar-refractivity contribution is 5.92. The van der Waals surface area contributed by atoms with Gasteiger partial charge < -0.3 is 9.64 Å². The van der Waals surface area contributed by atoms with Crippen LogP contribution in [0.1, 0.15) is 36.8 Å². The molecular formula is C19H23N5O. The number of pyridine rings is 1. The molecule has 0 spiro atoms. The number of anilines is 1. The monoisotopic (exact) mass is 337 g/mol. The lowest BCUT2D eigenvalue weighted by molar-refractivity contribution is 0.0343. The molecule has 3 aromatic rings. The Morgan fingerprint density at radius 2 is 2.16 bits per heavy atom. The lowest BCUT2D eigenvalue weighted by atomic mass is 10.1. The van der Waals surface area contributed by atoms with Crippen LogP contribution < -0.4 is 4.90 Å². The number of aryl methyl sites for hydroxylation is 2. The van der Waals surface area contributed by atoms with Gasteiger partial charge in [0.25, 0.3) is 0 Å². The van der Waals surface area contributed by atoms with Gasteiger partial charge in [0.2, 0.25) is 0 Å². The van der Waals surface area contributed by atoms with Crippen LogP contribution in [0, 0.1) is 6.92 Å². The molecule has 1 aliphatic heterocycles. The number of hydrogen-bond acceptors (Lipinski definition) is 5. The summed E-state index contributed by atoms with van der Waals surface area (Å²) in [6, 6.07) is 10.6. The summed E-state index contributed by atoms with van der Waals surface area (Å²) in [6.07, 6.45) is 1.97. The van der Waals surface area contributed by atoms with Crippen molar-refractivity contribution < 1.29 is 4.74 Å². The molecule has 0 amide bonds. The van der Waals surface area contributed by atoms with Gasteiger partial charge in [0.1, 0.15) is 11.9 Å². The molecule has 1 aliphatic rings. The third-order valence-corrected chi connectivity index (χ3v) is 4.56. The maximum Gasteiger partial charge on any atom is 0.181 e. The average molecular weight is 337 g/mol. The van der Waals surface area contributed by atoms with Crippen LogP contribution in [0.5, 0.6) is 0 Å². The molecule has 1 aromatic carbocycles. The molecule has 2 aromatic heterocycles. The number of benzene rings is 1. The summed E-state index contributed by atoms with van der Waals surface area (Å²) < 4.78 is 5.92. The van der Waals surface area contributed by atoms with Gasteiger partial charge in [-0.25, -0.2) is 4.98 Å². The van der Waals surface area contributed by atoms with Gasteiger partial charge in [-0.15, -0.1) is 0 Å². The lowest BCUT2D eigenvalue weighted by Crippen LogP contribution is -2.39. The Morgan fingerprint density at radius 1 is 1.28 bits per heavy atom. The van der Waals surface area contributed by atoms with Crippen LogP contribution in [-0.2, 0) is 11.2 Å². The quantitative estimate of drug-likeness (QED) is 0.792. The normalized spacial score (nSPS) is 18.0. The third kappa shape index (κ3) is 3.22. The number of fused-ring (bicyclic) bond motifs is 1. The van der Waals surface area contributed by atoms with Crippen molar-refractivity contribution in [2.24, 2.45) is 0 Å². The zero-order valence-electron chi connectivity index (χ0n) is 14.7. The maximum absolute atomic E-state index is 5.92. The van der Waals surface area contributed by atoms with Gasteiger partial charge in [0, 0.05) is 23.3 Å². The number of ether oxygens (including phenoxy) is 1. The molecule has 6 heteroatoms. The van der Waals surface area contributed by atoms with E-state index in [2.05, 4.69) is 51.3 Å². The van der Waals surface area contributed by atoms with Gasteiger partial charge in [-0.3, -0.25) is 10.1 Å². The largest absolute Gasteiger partial charge is 0.366 e. The molecule has 4 rings (SSSR count). The van der Waals surface area contributed by atoms with Crippen LogP contribution in [0.4, 0.5) is 5.69 Å². The van der Waals surface area contributed by atoms with Crippen LogP contribution in [0.3, 0.4) is 0 Å². The van der Waals surface area contributed by atoms with Crippen LogP contribution in [0.25, 0.3) is 10.9 Å². The van der Waals surface area contributed by atoms with Crippen molar-refractivity contribution in [3.8, 4) is 0 Å². The third-order valence-electron chi connectivity index (χ3n) is 4.56. The number of aromatic nitrogens is 4. The van der Waals surface area contributed by atoms with E-state index in [1.54, 1.807) is 0 Å². The molecule has 1 atom stereocenters. The van der Waals surface area contributed by atoms with Crippen molar-refractivity contribution >= 4 is 16.6 Å². The number of hydrogen-bond donors (Lipinski definition) is 1. The number of para-hydroxylation sites is 1. The first-order valence-corrected chi connectivity index (χ1v) is 8.88. The van der Waals surface area contributed by atoms with Crippen LogP contribution >= 0.6 is 0 Å². The van der Waals surface area contributed by atoms with E-state index in [1.165, 1.54) is 11.1 Å². The fourth-order valence-electron chi connectivity index (χ4n) is 3.38. The number of nitrogens with one attached hydrogen (secondary N) is 1. The zero-order chi connectivity index (χ0) is 17.2. The summed E-state index contributed by atoms with van der Waals surface area (Å²) in [5.41, 5.74) is 3.43. The first-order valence-electron chi connectivity index (χ1n) is 8.88. The standard InChI is InChI=1S/C19H23N5O/c1-3-6-14-11-17(15-7-4-5-8-16(15)21-14)24-9-10-25-18(12-24)19-20-13(2)22-23-19/h4-5,7-8,11,18H,3,6,9-10,12H2,1-2H3,(H,20,22,23). The van der Waals surface area contributed by atoms with Gasteiger partial charge in [-0.2, -0.15) is 5.10 Å². The van der Waals surface area contributed by atoms with Crippen LogP contribution in [0.2, 0.25) is 0 Å². The second-order valence-corrected chi connectivity index (χ2v) is 6.48. The summed E-state index contributed by atoms with van der Waals surface area (Å²) in [4.78, 5) is 11.6. The van der Waals surface area contributed by atoms with Gasteiger partial charge >= 0.3 is 0 Å². The molecule has 3 heterocycles. The van der Waals surface area contributed by atoms with Crippen LogP contribution in [0.15, 0.2) is 30.3 Å². The smallest absolute Gasteiger partial charge is 0.181 e. The molecule has 0 aliphatic carbocycles. The Labute approximate surface area is 147 Å². The Bertz CT molecular complexity index is 875. The summed E-state index contributed by atoms with van der Waals surface area (Å²) in [6.45, 7) is 6.37. The predicted octanol–water partition coefficient (Wildman–Crippen LogP) is 3.19. The topological polar surface area (TPSA) is 66.9 Å². The average Bonchev–Trinajstić information content (AvgIpc) is 3.08. The minimum atomic E-state index is -0.111. The number of morpholine rings is 1. The van der Waals surface area contributed by atoms with E-state index in [0.717, 1.165) is 48.8 Å². The minimum absolute atomic E-state index is 0.111. The maximum atomic E-state index is 5.92. The van der Waals surface area contributed by atoms with Gasteiger partial charge in [-0.05, 0) is 25.5 Å². The summed E-state index contributed by atoms with van der Waals surface area (Å²) in [5, 5.41) is 8.37. The SMILES string of the molecule is CCCc1cc(N2CCOC(c3n[nH]c(C)n3)C2)c2ccccc2n1. The van der Waals surface area contributed by atoms with E-state index >= 15 is 0 Å². The molecule has 1 unspecified atom stereocenters. The van der Waals surface area contributed by atoms with Crippen molar-refractivity contribution in [1.29, 1.82) is 0 Å². The lowest BCUT2D eigenvalue weighted by Gasteiger charge is -2.34.